The number of likely N-dealkylation sites (tertiary alicyclic amines) is 3. The van der Waals surface area contributed by atoms with Crippen LogP contribution < -0.4 is 0 Å². The van der Waals surface area contributed by atoms with Gasteiger partial charge in [0.25, 0.3) is 17.7 Å². The van der Waals surface area contributed by atoms with E-state index in [9.17, 15) is 18.4 Å². The fourth-order valence-electron chi connectivity index (χ4n) is 6.35. The first-order valence-corrected chi connectivity index (χ1v) is 18.6. The van der Waals surface area contributed by atoms with Crippen LogP contribution in [-0.2, 0) is 11.0 Å². The Hall–Kier alpha value is -2.30. The lowest BCUT2D eigenvalue weighted by Crippen LogP contribution is -2.43. The van der Waals surface area contributed by atoms with Crippen LogP contribution in [0.1, 0.15) is 80.1 Å². The molecule has 1 aromatic carbocycles. The third kappa shape index (κ3) is 6.60. The van der Waals surface area contributed by atoms with Crippen LogP contribution in [0.5, 0.6) is 0 Å². The highest BCUT2D eigenvalue weighted by Crippen LogP contribution is 2.37. The molecule has 3 fully saturated rings. The van der Waals surface area contributed by atoms with E-state index in [1.165, 1.54) is 17.7 Å². The first-order valence-electron chi connectivity index (χ1n) is 15.7. The molecular weight excluding hydrogens is 554 g/mol. The average molecular weight is 603 g/mol. The SMILES string of the molecule is CC(C)(C)[Si](C)(C)OCCn1c(C(=O)N2CCC(F)(F)CC2)cc2cc(C(=O)N3CCCC3CN3CCCC3)ccc21. The molecule has 0 spiro atoms. The highest BCUT2D eigenvalue weighted by atomic mass is 28.4. The normalized spacial score (nSPS) is 21.9. The Bertz CT molecular complexity index is 1290. The van der Waals surface area contributed by atoms with Crippen LogP contribution in [0.25, 0.3) is 10.9 Å². The number of aromatic nitrogens is 1. The van der Waals surface area contributed by atoms with Gasteiger partial charge >= 0.3 is 0 Å². The van der Waals surface area contributed by atoms with Gasteiger partial charge in [0.05, 0.1) is 6.61 Å². The summed E-state index contributed by atoms with van der Waals surface area (Å²) in [7, 11) is -2.00. The minimum atomic E-state index is -2.72. The van der Waals surface area contributed by atoms with Gasteiger partial charge in [-0.25, -0.2) is 8.78 Å². The second-order valence-corrected chi connectivity index (χ2v) is 18.8. The molecule has 3 aliphatic heterocycles. The number of rotatable bonds is 8. The van der Waals surface area contributed by atoms with Crippen LogP contribution >= 0.6 is 0 Å². The van der Waals surface area contributed by atoms with Crippen LogP contribution in [-0.4, -0.2) is 97.2 Å². The van der Waals surface area contributed by atoms with Gasteiger partial charge in [0.1, 0.15) is 5.69 Å². The van der Waals surface area contributed by atoms with E-state index in [-0.39, 0.29) is 48.8 Å². The molecule has 232 valence electrons. The summed E-state index contributed by atoms with van der Waals surface area (Å²) in [5.41, 5.74) is 1.94. The van der Waals surface area contributed by atoms with E-state index in [1.54, 1.807) is 0 Å². The van der Waals surface area contributed by atoms with Crippen LogP contribution in [0.4, 0.5) is 8.78 Å². The zero-order valence-electron chi connectivity index (χ0n) is 26.1. The van der Waals surface area contributed by atoms with Crippen LogP contribution in [0.15, 0.2) is 24.3 Å². The van der Waals surface area contributed by atoms with Crippen molar-refractivity contribution in [2.45, 2.75) is 95.9 Å². The van der Waals surface area contributed by atoms with Crippen molar-refractivity contribution in [2.24, 2.45) is 0 Å². The van der Waals surface area contributed by atoms with Crippen molar-refractivity contribution in [3.8, 4) is 0 Å². The number of benzene rings is 1. The number of fused-ring (bicyclic) bond motifs is 1. The standard InChI is InChI=1S/C32H48F2N4O3Si/c1-31(2,3)42(4,5)41-20-19-38-27-11-10-24(29(39)37-16-8-9-26(37)23-35-14-6-7-15-35)21-25(27)22-28(38)30(40)36-17-12-32(33,34)13-18-36/h10-11,21-22,26H,6-9,12-20,23H2,1-5H3. The molecule has 42 heavy (non-hydrogen) atoms. The number of carbonyl (C=O) groups excluding carboxylic acids is 2. The van der Waals surface area contributed by atoms with E-state index >= 15 is 0 Å². The van der Waals surface area contributed by atoms with Crippen LogP contribution in [0, 0.1) is 0 Å². The minimum Gasteiger partial charge on any atom is -0.415 e. The zero-order chi connectivity index (χ0) is 30.3. The van der Waals surface area contributed by atoms with Crippen molar-refractivity contribution < 1.29 is 22.8 Å². The smallest absolute Gasteiger partial charge is 0.270 e. The Morgan fingerprint density at radius 3 is 2.33 bits per heavy atom. The Balaban J connectivity index is 1.40. The Kier molecular flexibility index (Phi) is 8.89. The maximum absolute atomic E-state index is 13.9. The summed E-state index contributed by atoms with van der Waals surface area (Å²) in [6, 6.07) is 7.77. The predicted octanol–water partition coefficient (Wildman–Crippen LogP) is 6.23. The summed E-state index contributed by atoms with van der Waals surface area (Å²) in [4.78, 5) is 33.5. The average Bonchev–Trinajstić information content (AvgIpc) is 3.68. The lowest BCUT2D eigenvalue weighted by atomic mass is 10.1. The fourth-order valence-corrected chi connectivity index (χ4v) is 7.39. The third-order valence-electron chi connectivity index (χ3n) is 10.0. The van der Waals surface area contributed by atoms with E-state index in [0.29, 0.717) is 24.4 Å². The van der Waals surface area contributed by atoms with Gasteiger partial charge in [0.2, 0.25) is 0 Å². The highest BCUT2D eigenvalue weighted by Gasteiger charge is 2.38. The van der Waals surface area contributed by atoms with E-state index < -0.39 is 14.2 Å². The lowest BCUT2D eigenvalue weighted by molar-refractivity contribution is -0.0495. The molecule has 10 heteroatoms. The van der Waals surface area contributed by atoms with Gasteiger partial charge in [0, 0.05) is 68.1 Å². The topological polar surface area (TPSA) is 58.0 Å². The summed E-state index contributed by atoms with van der Waals surface area (Å²) in [6.45, 7) is 15.9. The van der Waals surface area contributed by atoms with E-state index in [0.717, 1.165) is 49.9 Å². The van der Waals surface area contributed by atoms with Crippen molar-refractivity contribution >= 4 is 31.0 Å². The number of hydrogen-bond donors (Lipinski definition) is 0. The number of hydrogen-bond acceptors (Lipinski definition) is 4. The number of amides is 2. The quantitative estimate of drug-likeness (QED) is 0.336. The van der Waals surface area contributed by atoms with Gasteiger partial charge in [-0.05, 0) is 81.2 Å². The highest BCUT2D eigenvalue weighted by molar-refractivity contribution is 6.74. The monoisotopic (exact) mass is 602 g/mol. The Morgan fingerprint density at radius 1 is 0.976 bits per heavy atom. The zero-order valence-corrected chi connectivity index (χ0v) is 27.1. The Labute approximate surface area is 250 Å². The molecule has 3 aliphatic rings. The molecule has 5 rings (SSSR count). The summed E-state index contributed by atoms with van der Waals surface area (Å²) in [5, 5.41) is 0.870. The first kappa shape index (κ1) is 31.1. The van der Waals surface area contributed by atoms with Gasteiger partial charge in [-0.3, -0.25) is 9.59 Å². The van der Waals surface area contributed by atoms with Crippen LogP contribution in [0.2, 0.25) is 18.1 Å². The fraction of sp³-hybridized carbons (Fsp3) is 0.688. The number of alkyl halides is 2. The molecule has 0 aliphatic carbocycles. The summed E-state index contributed by atoms with van der Waals surface area (Å²) in [5.74, 6) is -2.93. The van der Waals surface area contributed by atoms with E-state index in [4.69, 9.17) is 4.43 Å². The molecule has 1 unspecified atom stereocenters. The van der Waals surface area contributed by atoms with E-state index in [2.05, 4.69) is 38.8 Å². The molecule has 1 aromatic heterocycles. The van der Waals surface area contributed by atoms with Crippen LogP contribution in [0.3, 0.4) is 0 Å². The second-order valence-electron chi connectivity index (χ2n) is 14.0. The predicted molar refractivity (Wildman–Crippen MR) is 165 cm³/mol. The lowest BCUT2D eigenvalue weighted by Gasteiger charge is -2.36. The maximum Gasteiger partial charge on any atom is 0.270 e. The Morgan fingerprint density at radius 2 is 1.67 bits per heavy atom. The van der Waals surface area contributed by atoms with Gasteiger partial charge < -0.3 is 23.7 Å². The second kappa shape index (κ2) is 12.0. The summed E-state index contributed by atoms with van der Waals surface area (Å²) in [6.07, 6.45) is 3.88. The molecule has 0 radical (unpaired) electrons. The number of carbonyl (C=O) groups is 2. The molecule has 1 atom stereocenters. The first-order chi connectivity index (χ1) is 19.8. The number of halogens is 2. The minimum absolute atomic E-state index is 0.0327. The van der Waals surface area contributed by atoms with Crippen molar-refractivity contribution in [3.63, 3.8) is 0 Å². The van der Waals surface area contributed by atoms with Gasteiger partial charge in [-0.15, -0.1) is 0 Å². The molecule has 3 saturated heterocycles. The van der Waals surface area contributed by atoms with Gasteiger partial charge in [0.15, 0.2) is 8.32 Å². The van der Waals surface area contributed by atoms with Crippen molar-refractivity contribution in [1.29, 1.82) is 0 Å². The van der Waals surface area contributed by atoms with Crippen molar-refractivity contribution in [3.05, 3.63) is 35.5 Å². The molecule has 2 aromatic rings. The molecule has 0 saturated carbocycles. The number of nitrogens with zero attached hydrogens (tertiary/aromatic N) is 4. The third-order valence-corrected chi connectivity index (χ3v) is 14.6. The summed E-state index contributed by atoms with van der Waals surface area (Å²) < 4.78 is 36.1. The molecule has 4 heterocycles. The van der Waals surface area contributed by atoms with Crippen molar-refractivity contribution in [2.75, 3.05) is 45.9 Å². The summed E-state index contributed by atoms with van der Waals surface area (Å²) >= 11 is 0. The van der Waals surface area contributed by atoms with E-state index in [1.807, 2.05) is 33.7 Å². The molecule has 2 amide bonds. The van der Waals surface area contributed by atoms with Gasteiger partial charge in [-0.2, -0.15) is 0 Å². The van der Waals surface area contributed by atoms with Gasteiger partial charge in [-0.1, -0.05) is 20.8 Å². The largest absolute Gasteiger partial charge is 0.415 e. The maximum atomic E-state index is 13.9. The number of piperidine rings is 1. The molecule has 7 nitrogen and oxygen atoms in total. The molecule has 0 bridgehead atoms. The molecule has 0 N–H and O–H groups in total. The van der Waals surface area contributed by atoms with Crippen molar-refractivity contribution in [1.82, 2.24) is 19.3 Å². The molecular formula is C32H48F2N4O3Si.